The zero-order valence-corrected chi connectivity index (χ0v) is 16.6. The summed E-state index contributed by atoms with van der Waals surface area (Å²) in [6.45, 7) is 3.73. The number of hydrogen-bond acceptors (Lipinski definition) is 6. The van der Waals surface area contributed by atoms with Crippen molar-refractivity contribution >= 4 is 33.8 Å². The molecule has 144 valence electrons. The number of thiazole rings is 1. The Bertz CT molecular complexity index is 983. The van der Waals surface area contributed by atoms with Crippen LogP contribution in [-0.4, -0.2) is 21.7 Å². The molecule has 6 nitrogen and oxygen atoms in total. The lowest BCUT2D eigenvalue weighted by atomic mass is 10.1. The molecule has 28 heavy (non-hydrogen) atoms. The largest absolute Gasteiger partial charge is 0.507 e. The van der Waals surface area contributed by atoms with Gasteiger partial charge in [0.1, 0.15) is 5.75 Å². The van der Waals surface area contributed by atoms with Crippen LogP contribution in [0.15, 0.2) is 59.0 Å². The minimum Gasteiger partial charge on any atom is -0.507 e. The molecule has 0 spiro atoms. The molecule has 1 amide bonds. The Morgan fingerprint density at radius 3 is 2.75 bits per heavy atom. The van der Waals surface area contributed by atoms with E-state index < -0.39 is 0 Å². The number of phenolic OH excluding ortho intramolecular Hbond substituents is 1. The van der Waals surface area contributed by atoms with Crippen molar-refractivity contribution in [3.8, 4) is 17.0 Å². The van der Waals surface area contributed by atoms with Crippen LogP contribution in [0.2, 0.25) is 0 Å². The highest BCUT2D eigenvalue weighted by Gasteiger charge is 2.09. The smallest absolute Gasteiger partial charge is 0.224 e. The molecule has 0 saturated heterocycles. The molecule has 0 aliphatic rings. The first kappa shape index (κ1) is 19.6. The summed E-state index contributed by atoms with van der Waals surface area (Å²) in [5, 5.41) is 19.9. The number of carbonyl (C=O) groups is 1. The normalized spacial score (nSPS) is 11.3. The zero-order chi connectivity index (χ0) is 19.9. The van der Waals surface area contributed by atoms with Crippen molar-refractivity contribution in [1.29, 1.82) is 0 Å². The van der Waals surface area contributed by atoms with Gasteiger partial charge in [-0.1, -0.05) is 37.3 Å². The van der Waals surface area contributed by atoms with E-state index in [4.69, 9.17) is 0 Å². The average Bonchev–Trinajstić information content (AvgIpc) is 3.17. The predicted molar refractivity (Wildman–Crippen MR) is 115 cm³/mol. The lowest BCUT2D eigenvalue weighted by Crippen LogP contribution is -2.11. The third-order valence-electron chi connectivity index (χ3n) is 4.04. The number of nitrogens with one attached hydrogen (secondary N) is 2. The second-order valence-corrected chi connectivity index (χ2v) is 7.10. The highest BCUT2D eigenvalue weighted by atomic mass is 32.1. The molecule has 1 aromatic heterocycles. The Labute approximate surface area is 168 Å². The fraction of sp³-hybridized carbons (Fsp3) is 0.190. The number of nitrogens with zero attached hydrogens (tertiary/aromatic N) is 2. The number of hydrazone groups is 1. The molecule has 0 radical (unpaired) electrons. The van der Waals surface area contributed by atoms with Crippen LogP contribution in [0.25, 0.3) is 11.3 Å². The van der Waals surface area contributed by atoms with Gasteiger partial charge in [0.25, 0.3) is 0 Å². The lowest BCUT2D eigenvalue weighted by molar-refractivity contribution is -0.116. The van der Waals surface area contributed by atoms with Crippen molar-refractivity contribution in [3.05, 3.63) is 59.5 Å². The molecule has 0 atom stereocenters. The number of aromatic hydroxyl groups is 1. The Morgan fingerprint density at radius 2 is 2.00 bits per heavy atom. The van der Waals surface area contributed by atoms with E-state index in [-0.39, 0.29) is 11.7 Å². The first-order valence-corrected chi connectivity index (χ1v) is 9.89. The van der Waals surface area contributed by atoms with Gasteiger partial charge in [-0.05, 0) is 31.5 Å². The molecular weight excluding hydrogens is 372 g/mol. The van der Waals surface area contributed by atoms with Gasteiger partial charge in [-0.2, -0.15) is 5.10 Å². The number of phenols is 1. The number of rotatable bonds is 7. The Morgan fingerprint density at radius 1 is 1.21 bits per heavy atom. The Kier molecular flexibility index (Phi) is 6.39. The van der Waals surface area contributed by atoms with Crippen molar-refractivity contribution in [2.24, 2.45) is 5.10 Å². The second kappa shape index (κ2) is 9.14. The third kappa shape index (κ3) is 4.95. The fourth-order valence-corrected chi connectivity index (χ4v) is 3.27. The van der Waals surface area contributed by atoms with Gasteiger partial charge in [-0.25, -0.2) is 4.98 Å². The Hall–Kier alpha value is -3.19. The monoisotopic (exact) mass is 394 g/mol. The van der Waals surface area contributed by atoms with Crippen LogP contribution in [0.5, 0.6) is 5.75 Å². The van der Waals surface area contributed by atoms with Gasteiger partial charge in [-0.15, -0.1) is 11.3 Å². The number of hydrogen-bond donors (Lipinski definition) is 3. The molecule has 0 aliphatic carbocycles. The molecule has 1 heterocycles. The van der Waals surface area contributed by atoms with Crippen LogP contribution in [0.3, 0.4) is 0 Å². The van der Waals surface area contributed by atoms with Crippen molar-refractivity contribution < 1.29 is 9.90 Å². The summed E-state index contributed by atoms with van der Waals surface area (Å²) in [6.07, 6.45) is 1.23. The summed E-state index contributed by atoms with van der Waals surface area (Å²) in [5.74, 6) is 0.0451. The molecule has 0 saturated carbocycles. The quantitative estimate of drug-likeness (QED) is 0.296. The van der Waals surface area contributed by atoms with Gasteiger partial charge < -0.3 is 10.4 Å². The maximum absolute atomic E-state index is 11.8. The van der Waals surface area contributed by atoms with Crippen LogP contribution in [-0.2, 0) is 4.79 Å². The number of aromatic nitrogens is 1. The van der Waals surface area contributed by atoms with E-state index in [1.807, 2.05) is 42.6 Å². The zero-order valence-electron chi connectivity index (χ0n) is 15.8. The third-order valence-corrected chi connectivity index (χ3v) is 4.79. The van der Waals surface area contributed by atoms with Gasteiger partial charge in [0.2, 0.25) is 11.0 Å². The topological polar surface area (TPSA) is 86.6 Å². The number of benzene rings is 2. The number of carbonyl (C=O) groups excluding carboxylic acids is 1. The van der Waals surface area contributed by atoms with Crippen LogP contribution in [0.1, 0.15) is 32.3 Å². The first-order chi connectivity index (χ1) is 13.6. The van der Waals surface area contributed by atoms with E-state index in [0.29, 0.717) is 28.5 Å². The molecule has 3 aromatic rings. The molecule has 0 fully saturated rings. The van der Waals surface area contributed by atoms with E-state index in [1.54, 1.807) is 25.1 Å². The highest BCUT2D eigenvalue weighted by Crippen LogP contribution is 2.26. The van der Waals surface area contributed by atoms with Gasteiger partial charge in [-0.3, -0.25) is 10.2 Å². The molecular formula is C21H22N4O2S. The van der Waals surface area contributed by atoms with Gasteiger partial charge in [0, 0.05) is 28.6 Å². The maximum atomic E-state index is 11.8. The summed E-state index contributed by atoms with van der Waals surface area (Å²) in [4.78, 5) is 16.3. The molecule has 3 N–H and O–H groups in total. The van der Waals surface area contributed by atoms with Crippen molar-refractivity contribution in [2.45, 2.75) is 26.7 Å². The van der Waals surface area contributed by atoms with Crippen LogP contribution >= 0.6 is 11.3 Å². The summed E-state index contributed by atoms with van der Waals surface area (Å²) in [5.41, 5.74) is 6.61. The number of anilines is 2. The first-order valence-electron chi connectivity index (χ1n) is 9.01. The van der Waals surface area contributed by atoms with E-state index in [1.165, 1.54) is 11.3 Å². The molecule has 2 aromatic carbocycles. The average molecular weight is 395 g/mol. The standard InChI is InChI=1S/C21H22N4O2S/c1-3-7-20(27)22-16-10-11-19(26)17(12-16)14(2)24-25-21-23-18(13-28-21)15-8-5-4-6-9-15/h4-6,8-13,26H,3,7H2,1-2H3,(H,22,27)(H,23,25)/b24-14+. The summed E-state index contributed by atoms with van der Waals surface area (Å²) in [7, 11) is 0. The molecule has 0 bridgehead atoms. The van der Waals surface area contributed by atoms with Gasteiger partial charge in [0.15, 0.2) is 0 Å². The van der Waals surface area contributed by atoms with Crippen molar-refractivity contribution in [3.63, 3.8) is 0 Å². The highest BCUT2D eigenvalue weighted by molar-refractivity contribution is 7.14. The predicted octanol–water partition coefficient (Wildman–Crippen LogP) is 5.09. The molecule has 3 rings (SSSR count). The van der Waals surface area contributed by atoms with Crippen LogP contribution in [0, 0.1) is 0 Å². The summed E-state index contributed by atoms with van der Waals surface area (Å²) in [6, 6.07) is 14.8. The van der Waals surface area contributed by atoms with Crippen molar-refractivity contribution in [1.82, 2.24) is 4.98 Å². The van der Waals surface area contributed by atoms with Crippen LogP contribution < -0.4 is 10.7 Å². The molecule has 7 heteroatoms. The van der Waals surface area contributed by atoms with E-state index in [9.17, 15) is 9.90 Å². The minimum absolute atomic E-state index is 0.0527. The molecule has 0 aliphatic heterocycles. The summed E-state index contributed by atoms with van der Waals surface area (Å²) < 4.78 is 0. The van der Waals surface area contributed by atoms with E-state index in [2.05, 4.69) is 20.8 Å². The second-order valence-electron chi connectivity index (χ2n) is 6.24. The fourth-order valence-electron chi connectivity index (χ4n) is 2.61. The van der Waals surface area contributed by atoms with Gasteiger partial charge >= 0.3 is 0 Å². The van der Waals surface area contributed by atoms with Gasteiger partial charge in [0.05, 0.1) is 11.4 Å². The van der Waals surface area contributed by atoms with E-state index in [0.717, 1.165) is 17.7 Å². The Balaban J connectivity index is 1.73. The van der Waals surface area contributed by atoms with E-state index >= 15 is 0 Å². The summed E-state index contributed by atoms with van der Waals surface area (Å²) >= 11 is 1.45. The van der Waals surface area contributed by atoms with Crippen molar-refractivity contribution in [2.75, 3.05) is 10.7 Å². The molecule has 0 unspecified atom stereocenters. The maximum Gasteiger partial charge on any atom is 0.224 e. The SMILES string of the molecule is CCCC(=O)Nc1ccc(O)c(/C(C)=N/Nc2nc(-c3ccccc3)cs2)c1. The van der Waals surface area contributed by atoms with Crippen LogP contribution in [0.4, 0.5) is 10.8 Å². The number of amides is 1. The minimum atomic E-state index is -0.0527. The lowest BCUT2D eigenvalue weighted by Gasteiger charge is -2.09.